The van der Waals surface area contributed by atoms with Crippen LogP contribution in [0, 0.1) is 11.3 Å². The SMILES string of the molecule is CCC(I)I.N#CC(CCC(=O)N1CC(O)C1)(c1ccccc1)c1ccccc1. The zero-order valence-corrected chi connectivity index (χ0v) is 20.8. The van der Waals surface area contributed by atoms with E-state index in [0.717, 1.165) is 13.1 Å². The molecular weight excluding hydrogens is 590 g/mol. The third kappa shape index (κ3) is 6.66. The first-order valence-electron chi connectivity index (χ1n) is 9.69. The molecule has 1 heterocycles. The lowest BCUT2D eigenvalue weighted by molar-refractivity contribution is -0.141. The summed E-state index contributed by atoms with van der Waals surface area (Å²) >= 11 is 4.79. The molecule has 1 fully saturated rings. The zero-order chi connectivity index (χ0) is 21.3. The number of benzene rings is 2. The van der Waals surface area contributed by atoms with E-state index in [2.05, 4.69) is 58.2 Å². The molecule has 1 aliphatic heterocycles. The molecular formula is C23H26I2N2O2. The molecule has 0 bridgehead atoms. The van der Waals surface area contributed by atoms with Crippen molar-refractivity contribution < 1.29 is 9.90 Å². The van der Waals surface area contributed by atoms with E-state index >= 15 is 0 Å². The van der Waals surface area contributed by atoms with Gasteiger partial charge in [0.25, 0.3) is 0 Å². The summed E-state index contributed by atoms with van der Waals surface area (Å²) in [5.74, 6) is -0.00760. The summed E-state index contributed by atoms with van der Waals surface area (Å²) in [6.45, 7) is 2.98. The molecule has 0 radical (unpaired) electrons. The number of carbonyl (C=O) groups excluding carboxylic acids is 1. The number of halogens is 2. The highest BCUT2D eigenvalue weighted by atomic mass is 127. The third-order valence-corrected chi connectivity index (χ3v) is 6.72. The molecule has 0 atom stereocenters. The molecule has 0 saturated carbocycles. The first kappa shape index (κ1) is 24.1. The lowest BCUT2D eigenvalue weighted by Gasteiger charge is -2.37. The highest BCUT2D eigenvalue weighted by Gasteiger charge is 2.36. The fourth-order valence-corrected chi connectivity index (χ4v) is 3.20. The lowest BCUT2D eigenvalue weighted by atomic mass is 9.72. The van der Waals surface area contributed by atoms with Crippen molar-refractivity contribution in [3.63, 3.8) is 0 Å². The second-order valence-electron chi connectivity index (χ2n) is 7.00. The maximum Gasteiger partial charge on any atom is 0.222 e. The molecule has 0 unspecified atom stereocenters. The van der Waals surface area contributed by atoms with Crippen LogP contribution in [0.5, 0.6) is 0 Å². The van der Waals surface area contributed by atoms with Gasteiger partial charge in [-0.15, -0.1) is 0 Å². The summed E-state index contributed by atoms with van der Waals surface area (Å²) in [6, 6.07) is 21.7. The van der Waals surface area contributed by atoms with Crippen LogP contribution in [-0.2, 0) is 10.2 Å². The second kappa shape index (κ2) is 11.9. The van der Waals surface area contributed by atoms with Gasteiger partial charge in [0, 0.05) is 19.5 Å². The molecule has 29 heavy (non-hydrogen) atoms. The Labute approximate surface area is 200 Å². The van der Waals surface area contributed by atoms with Crippen molar-refractivity contribution in [2.75, 3.05) is 13.1 Å². The van der Waals surface area contributed by atoms with Crippen LogP contribution in [0.3, 0.4) is 0 Å². The Kier molecular flexibility index (Phi) is 9.86. The summed E-state index contributed by atoms with van der Waals surface area (Å²) in [5, 5.41) is 19.4. The van der Waals surface area contributed by atoms with Crippen LogP contribution in [0.4, 0.5) is 0 Å². The standard InChI is InChI=1S/C20H20N2O2.C3H6I2/c21-15-20(16-7-3-1-4-8-16,17-9-5-2-6-10-17)12-11-19(24)22-13-18(23)14-22;1-2-3(4)5/h1-10,18,23H,11-14H2;3H,2H2,1H3. The highest BCUT2D eigenvalue weighted by Crippen LogP contribution is 2.36. The van der Waals surface area contributed by atoms with Gasteiger partial charge >= 0.3 is 0 Å². The van der Waals surface area contributed by atoms with Crippen molar-refractivity contribution in [2.24, 2.45) is 0 Å². The Morgan fingerprint density at radius 2 is 1.59 bits per heavy atom. The molecule has 1 aliphatic rings. The number of nitrogens with zero attached hydrogens (tertiary/aromatic N) is 2. The van der Waals surface area contributed by atoms with Crippen molar-refractivity contribution in [1.82, 2.24) is 4.90 Å². The van der Waals surface area contributed by atoms with Gasteiger partial charge in [-0.2, -0.15) is 5.26 Å². The molecule has 2 aromatic rings. The highest BCUT2D eigenvalue weighted by molar-refractivity contribution is 14.2. The minimum absolute atomic E-state index is 0.00760. The number of alkyl halides is 2. The van der Waals surface area contributed by atoms with E-state index in [4.69, 9.17) is 0 Å². The van der Waals surface area contributed by atoms with Gasteiger partial charge in [-0.3, -0.25) is 4.79 Å². The van der Waals surface area contributed by atoms with Gasteiger partial charge in [0.2, 0.25) is 5.91 Å². The Balaban J connectivity index is 0.000000537. The van der Waals surface area contributed by atoms with E-state index in [-0.39, 0.29) is 12.3 Å². The number of likely N-dealkylation sites (tertiary alicyclic amines) is 1. The molecule has 3 rings (SSSR count). The Bertz CT molecular complexity index is 761. The topological polar surface area (TPSA) is 64.3 Å². The number of β-amino-alcohol motifs (C(OH)–C–C–N with tert-alkyl or cyclic N) is 1. The smallest absolute Gasteiger partial charge is 0.222 e. The number of nitriles is 1. The average Bonchev–Trinajstić information content (AvgIpc) is 2.74. The van der Waals surface area contributed by atoms with Crippen molar-refractivity contribution >= 4 is 51.1 Å². The number of hydrogen-bond acceptors (Lipinski definition) is 3. The molecule has 1 amide bonds. The molecule has 2 aromatic carbocycles. The normalized spacial score (nSPS) is 13.9. The van der Waals surface area contributed by atoms with Crippen molar-refractivity contribution in [1.29, 1.82) is 5.26 Å². The van der Waals surface area contributed by atoms with Gasteiger partial charge in [-0.1, -0.05) is 113 Å². The summed E-state index contributed by atoms with van der Waals surface area (Å²) in [4.78, 5) is 13.9. The van der Waals surface area contributed by atoms with Crippen molar-refractivity contribution in [2.45, 2.75) is 39.6 Å². The van der Waals surface area contributed by atoms with Gasteiger partial charge in [-0.05, 0) is 24.0 Å². The van der Waals surface area contributed by atoms with E-state index in [9.17, 15) is 15.2 Å². The molecule has 0 aliphatic carbocycles. The first-order chi connectivity index (χ1) is 13.9. The molecule has 0 aromatic heterocycles. The number of aliphatic hydroxyl groups excluding tert-OH is 1. The van der Waals surface area contributed by atoms with Crippen LogP contribution < -0.4 is 0 Å². The fourth-order valence-electron chi connectivity index (χ4n) is 3.20. The predicted octanol–water partition coefficient (Wildman–Crippen LogP) is 5.07. The van der Waals surface area contributed by atoms with Crippen LogP contribution >= 0.6 is 45.2 Å². The van der Waals surface area contributed by atoms with Crippen LogP contribution in [-0.4, -0.2) is 37.0 Å². The number of rotatable bonds is 6. The van der Waals surface area contributed by atoms with Gasteiger partial charge < -0.3 is 10.0 Å². The Morgan fingerprint density at radius 1 is 1.14 bits per heavy atom. The molecule has 6 heteroatoms. The van der Waals surface area contributed by atoms with Crippen molar-refractivity contribution in [3.8, 4) is 6.07 Å². The first-order valence-corrected chi connectivity index (χ1v) is 12.2. The summed E-state index contributed by atoms with van der Waals surface area (Å²) in [6.07, 6.45) is 1.58. The number of aliphatic hydroxyl groups is 1. The maximum absolute atomic E-state index is 12.3. The van der Waals surface area contributed by atoms with Gasteiger partial charge in [0.1, 0.15) is 5.41 Å². The van der Waals surface area contributed by atoms with Gasteiger partial charge in [0.15, 0.2) is 0 Å². The lowest BCUT2D eigenvalue weighted by Crippen LogP contribution is -2.53. The van der Waals surface area contributed by atoms with E-state index in [0.29, 0.717) is 19.5 Å². The Morgan fingerprint density at radius 3 is 1.93 bits per heavy atom. The number of carbonyl (C=O) groups is 1. The summed E-state index contributed by atoms with van der Waals surface area (Å²) < 4.78 is 0.824. The molecule has 4 nitrogen and oxygen atoms in total. The predicted molar refractivity (Wildman–Crippen MR) is 133 cm³/mol. The van der Waals surface area contributed by atoms with Crippen LogP contribution in [0.25, 0.3) is 0 Å². The molecule has 0 spiro atoms. The maximum atomic E-state index is 12.3. The number of amides is 1. The summed E-state index contributed by atoms with van der Waals surface area (Å²) in [5.41, 5.74) is 0.951. The quantitative estimate of drug-likeness (QED) is 0.365. The molecule has 1 N–H and O–H groups in total. The largest absolute Gasteiger partial charge is 0.389 e. The van der Waals surface area contributed by atoms with E-state index < -0.39 is 11.5 Å². The van der Waals surface area contributed by atoms with Crippen LogP contribution in [0.2, 0.25) is 0 Å². The molecule has 1 saturated heterocycles. The van der Waals surface area contributed by atoms with Crippen molar-refractivity contribution in [3.05, 3.63) is 71.8 Å². The van der Waals surface area contributed by atoms with E-state index in [1.807, 2.05) is 60.7 Å². The average molecular weight is 616 g/mol. The van der Waals surface area contributed by atoms with Gasteiger partial charge in [-0.25, -0.2) is 0 Å². The van der Waals surface area contributed by atoms with Crippen LogP contribution in [0.15, 0.2) is 60.7 Å². The zero-order valence-electron chi connectivity index (χ0n) is 16.5. The number of hydrogen-bond donors (Lipinski definition) is 1. The Hall–Kier alpha value is -1.18. The fraction of sp³-hybridized carbons (Fsp3) is 0.391. The minimum atomic E-state index is -0.846. The minimum Gasteiger partial charge on any atom is -0.389 e. The second-order valence-corrected chi connectivity index (χ2v) is 12.4. The summed E-state index contributed by atoms with van der Waals surface area (Å²) in [7, 11) is 0. The monoisotopic (exact) mass is 616 g/mol. The van der Waals surface area contributed by atoms with E-state index in [1.54, 1.807) is 4.90 Å². The van der Waals surface area contributed by atoms with Gasteiger partial charge in [0.05, 0.1) is 14.1 Å². The van der Waals surface area contributed by atoms with Crippen LogP contribution in [0.1, 0.15) is 37.3 Å². The van der Waals surface area contributed by atoms with E-state index in [1.165, 1.54) is 6.42 Å². The third-order valence-electron chi connectivity index (χ3n) is 4.96. The molecule has 154 valence electrons.